The van der Waals surface area contributed by atoms with E-state index in [1.807, 2.05) is 0 Å². The van der Waals surface area contributed by atoms with Crippen LogP contribution in [0.2, 0.25) is 0 Å². The third kappa shape index (κ3) is 7.37. The molecule has 0 bridgehead atoms. The topological polar surface area (TPSA) is 82.1 Å². The van der Waals surface area contributed by atoms with Crippen LogP contribution in [0.25, 0.3) is 0 Å². The van der Waals surface area contributed by atoms with Gasteiger partial charge < -0.3 is 19.3 Å². The van der Waals surface area contributed by atoms with Gasteiger partial charge >= 0.3 is 11.9 Å². The molecule has 6 nitrogen and oxygen atoms in total. The minimum absolute atomic E-state index is 0.0518. The Kier molecular flexibility index (Phi) is 11.5. The lowest BCUT2D eigenvalue weighted by molar-refractivity contribution is -0.162. The van der Waals surface area contributed by atoms with Crippen molar-refractivity contribution in [3.8, 4) is 0 Å². The number of carbonyl (C=O) groups excluding carboxylic acids is 1. The molecule has 45 heavy (non-hydrogen) atoms. The zero-order valence-corrected chi connectivity index (χ0v) is 29.4. The molecule has 0 aromatic rings. The summed E-state index contributed by atoms with van der Waals surface area (Å²) in [5.74, 6) is 5.11. The van der Waals surface area contributed by atoms with Crippen LogP contribution in [0, 0.1) is 52.3 Å². The molecule has 0 aromatic heterocycles. The normalized spacial score (nSPS) is 40.3. The number of ether oxygens (including phenoxy) is 3. The van der Waals surface area contributed by atoms with Crippen molar-refractivity contribution in [2.75, 3.05) is 13.2 Å². The van der Waals surface area contributed by atoms with Gasteiger partial charge in [-0.05, 0) is 129 Å². The Labute approximate surface area is 273 Å². The Morgan fingerprint density at radius 3 is 2.24 bits per heavy atom. The molecule has 2 heterocycles. The number of carboxylic acid groups (broad SMARTS) is 1. The summed E-state index contributed by atoms with van der Waals surface area (Å²) >= 11 is 0. The molecular formula is C39H64O6. The number of rotatable bonds is 9. The average molecular weight is 629 g/mol. The molecule has 6 rings (SSSR count). The van der Waals surface area contributed by atoms with Crippen molar-refractivity contribution < 1.29 is 28.9 Å². The summed E-state index contributed by atoms with van der Waals surface area (Å²) in [6.45, 7) is 16.4. The van der Waals surface area contributed by atoms with Gasteiger partial charge in [0.2, 0.25) is 0 Å². The van der Waals surface area contributed by atoms with E-state index in [1.165, 1.54) is 57.8 Å². The highest BCUT2D eigenvalue weighted by Crippen LogP contribution is 2.67. The largest absolute Gasteiger partial charge is 0.479 e. The van der Waals surface area contributed by atoms with Crippen LogP contribution < -0.4 is 0 Å². The third-order valence-corrected chi connectivity index (χ3v) is 14.0. The van der Waals surface area contributed by atoms with Gasteiger partial charge in [-0.3, -0.25) is 0 Å². The monoisotopic (exact) mass is 628 g/mol. The van der Waals surface area contributed by atoms with Gasteiger partial charge in [0.25, 0.3) is 0 Å². The molecule has 1 N–H and O–H groups in total. The third-order valence-electron chi connectivity index (χ3n) is 14.0. The quantitative estimate of drug-likeness (QED) is 0.203. The summed E-state index contributed by atoms with van der Waals surface area (Å²) in [6.07, 6.45) is 19.5. The maximum atomic E-state index is 12.6. The van der Waals surface area contributed by atoms with Gasteiger partial charge in [0.15, 0.2) is 12.2 Å². The van der Waals surface area contributed by atoms with E-state index in [9.17, 15) is 9.59 Å². The summed E-state index contributed by atoms with van der Waals surface area (Å²) < 4.78 is 16.4. The zero-order chi connectivity index (χ0) is 32.4. The number of hydrogen-bond donors (Lipinski definition) is 1. The molecule has 6 aliphatic rings. The molecule has 0 amide bonds. The minimum Gasteiger partial charge on any atom is -0.479 e. The maximum absolute atomic E-state index is 12.6. The predicted molar refractivity (Wildman–Crippen MR) is 178 cm³/mol. The van der Waals surface area contributed by atoms with E-state index in [4.69, 9.17) is 19.3 Å². The molecule has 256 valence electrons. The first kappa shape index (κ1) is 34.9. The Hall–Kier alpha value is -1.40. The van der Waals surface area contributed by atoms with E-state index < -0.39 is 12.1 Å². The zero-order valence-electron chi connectivity index (χ0n) is 29.4. The molecule has 11 atom stereocenters. The summed E-state index contributed by atoms with van der Waals surface area (Å²) in [5.41, 5.74) is 2.46. The van der Waals surface area contributed by atoms with E-state index in [0.717, 1.165) is 73.5 Å². The van der Waals surface area contributed by atoms with Crippen LogP contribution in [0.3, 0.4) is 0 Å². The Balaban J connectivity index is 0.000000436. The van der Waals surface area contributed by atoms with Crippen LogP contribution in [0.15, 0.2) is 11.6 Å². The first-order valence-corrected chi connectivity index (χ1v) is 18.8. The fourth-order valence-corrected chi connectivity index (χ4v) is 11.2. The van der Waals surface area contributed by atoms with Gasteiger partial charge in [-0.15, -0.1) is 0 Å². The van der Waals surface area contributed by atoms with E-state index in [1.54, 1.807) is 5.57 Å². The highest BCUT2D eigenvalue weighted by atomic mass is 16.6. The number of hydrogen-bond acceptors (Lipinski definition) is 5. The second-order valence-corrected chi connectivity index (χ2v) is 16.6. The molecule has 4 aliphatic carbocycles. The summed E-state index contributed by atoms with van der Waals surface area (Å²) in [4.78, 5) is 22.7. The van der Waals surface area contributed by atoms with Crippen LogP contribution in [0.4, 0.5) is 0 Å². The van der Waals surface area contributed by atoms with Crippen molar-refractivity contribution in [3.05, 3.63) is 11.6 Å². The van der Waals surface area contributed by atoms with Gasteiger partial charge in [-0.25, -0.2) is 9.59 Å². The highest BCUT2D eigenvalue weighted by molar-refractivity contribution is 5.75. The molecule has 3 saturated carbocycles. The molecule has 0 radical (unpaired) electrons. The van der Waals surface area contributed by atoms with Crippen molar-refractivity contribution in [3.63, 3.8) is 0 Å². The van der Waals surface area contributed by atoms with Crippen LogP contribution in [-0.2, 0) is 23.8 Å². The number of fused-ring (bicyclic) bond motifs is 5. The van der Waals surface area contributed by atoms with Crippen molar-refractivity contribution in [1.29, 1.82) is 0 Å². The molecule has 2 aliphatic heterocycles. The van der Waals surface area contributed by atoms with Crippen molar-refractivity contribution in [2.24, 2.45) is 52.3 Å². The second kappa shape index (κ2) is 14.8. The lowest BCUT2D eigenvalue weighted by Gasteiger charge is -2.58. The number of carboxylic acids is 1. The molecule has 0 spiro atoms. The highest BCUT2D eigenvalue weighted by Gasteiger charge is 2.59. The lowest BCUT2D eigenvalue weighted by atomic mass is 9.47. The number of carbonyl (C=O) groups is 2. The van der Waals surface area contributed by atoms with Gasteiger partial charge in [0, 0.05) is 19.6 Å². The summed E-state index contributed by atoms with van der Waals surface area (Å²) in [5, 5.41) is 8.29. The van der Waals surface area contributed by atoms with Gasteiger partial charge in [0.1, 0.15) is 6.10 Å². The number of allylic oxidation sites excluding steroid dienone is 1. The van der Waals surface area contributed by atoms with E-state index >= 15 is 0 Å². The Bertz CT molecular complexity index is 1040. The maximum Gasteiger partial charge on any atom is 0.335 e. The van der Waals surface area contributed by atoms with Crippen LogP contribution in [0.1, 0.15) is 138 Å². The van der Waals surface area contributed by atoms with Gasteiger partial charge in [0.05, 0.1) is 0 Å². The number of aliphatic carboxylic acids is 1. The van der Waals surface area contributed by atoms with E-state index in [-0.39, 0.29) is 18.2 Å². The molecule has 11 unspecified atom stereocenters. The van der Waals surface area contributed by atoms with Crippen LogP contribution in [-0.4, -0.2) is 48.6 Å². The Morgan fingerprint density at radius 1 is 0.933 bits per heavy atom. The second-order valence-electron chi connectivity index (χ2n) is 16.6. The Morgan fingerprint density at radius 2 is 1.64 bits per heavy atom. The lowest BCUT2D eigenvalue weighted by Crippen LogP contribution is -2.51. The molecule has 5 fully saturated rings. The van der Waals surface area contributed by atoms with Gasteiger partial charge in [-0.1, -0.05) is 66.0 Å². The summed E-state index contributed by atoms with van der Waals surface area (Å²) in [6, 6.07) is 0. The predicted octanol–water partition coefficient (Wildman–Crippen LogP) is 9.00. The molecular weight excluding hydrogens is 564 g/mol. The van der Waals surface area contributed by atoms with Crippen molar-refractivity contribution >= 4 is 11.9 Å². The van der Waals surface area contributed by atoms with E-state index in [2.05, 4.69) is 47.6 Å². The number of esters is 1. The van der Waals surface area contributed by atoms with Gasteiger partial charge in [-0.2, -0.15) is 0 Å². The molecule has 6 heteroatoms. The van der Waals surface area contributed by atoms with Crippen LogP contribution in [0.5, 0.6) is 0 Å². The fraction of sp³-hybridized carbons (Fsp3) is 0.897. The first-order valence-electron chi connectivity index (χ1n) is 18.8. The smallest absolute Gasteiger partial charge is 0.335 e. The van der Waals surface area contributed by atoms with Crippen molar-refractivity contribution in [1.82, 2.24) is 0 Å². The average Bonchev–Trinajstić information content (AvgIpc) is 3.79. The molecule has 0 aromatic carbocycles. The fourth-order valence-electron chi connectivity index (χ4n) is 11.2. The van der Waals surface area contributed by atoms with Crippen LogP contribution >= 0.6 is 0 Å². The summed E-state index contributed by atoms with van der Waals surface area (Å²) in [7, 11) is 0. The molecule has 2 saturated heterocycles. The minimum atomic E-state index is -0.831. The van der Waals surface area contributed by atoms with Crippen molar-refractivity contribution in [2.45, 2.75) is 156 Å². The SMILES string of the molecule is CCC(CCC(C)C1CCC2C3CC=C4CC(OC(=O)C5CCCO5)CCC4(C)C3CCC12C)C(C)C.O=C(O)C1CCCO1. The first-order chi connectivity index (χ1) is 21.5. The standard InChI is InChI=1S/C34H56O3.C5H8O3/c1-7-24(22(2)3)11-10-23(4)28-14-15-29-27-13-12-25-21-26(37-32(35)31-9-8-20-36-31)16-18-33(25,5)30(27)17-19-34(28,29)6;6-5(7)4-2-1-3-8-4/h12,22-24,26-31H,7-11,13-21H2,1-6H3;4H,1-3H2,(H,6,7). The van der Waals surface area contributed by atoms with E-state index in [0.29, 0.717) is 30.5 Å².